The number of nitrogens with zero attached hydrogens (tertiary/aromatic N) is 1. The summed E-state index contributed by atoms with van der Waals surface area (Å²) in [5.41, 5.74) is 3.27. The summed E-state index contributed by atoms with van der Waals surface area (Å²) in [6.07, 6.45) is -0.213. The lowest BCUT2D eigenvalue weighted by atomic mass is 10.1. The molecule has 3 aromatic carbocycles. The van der Waals surface area contributed by atoms with Crippen LogP contribution in [0.1, 0.15) is 34.2 Å². The summed E-state index contributed by atoms with van der Waals surface area (Å²) in [6, 6.07) is 22.2. The van der Waals surface area contributed by atoms with Gasteiger partial charge >= 0.3 is 0 Å². The molecule has 0 bridgehead atoms. The summed E-state index contributed by atoms with van der Waals surface area (Å²) in [5, 5.41) is 8.35. The van der Waals surface area contributed by atoms with Gasteiger partial charge in [0.2, 0.25) is 11.8 Å². The van der Waals surface area contributed by atoms with E-state index in [1.165, 1.54) is 0 Å². The van der Waals surface area contributed by atoms with Crippen LogP contribution in [0.2, 0.25) is 0 Å². The number of carbonyl (C=O) groups is 3. The molecule has 0 aliphatic carbocycles. The van der Waals surface area contributed by atoms with E-state index < -0.39 is 29.8 Å². The predicted molar refractivity (Wildman–Crippen MR) is 123 cm³/mol. The van der Waals surface area contributed by atoms with Crippen molar-refractivity contribution in [3.8, 4) is 0 Å². The Hall–Kier alpha value is -4.46. The van der Waals surface area contributed by atoms with E-state index in [2.05, 4.69) is 25.9 Å². The molecule has 0 spiro atoms. The molecule has 0 radical (unpaired) electrons. The number of para-hydroxylation sites is 3. The fourth-order valence-corrected chi connectivity index (χ4v) is 3.92. The number of benzene rings is 3. The van der Waals surface area contributed by atoms with Gasteiger partial charge in [-0.05, 0) is 29.8 Å². The molecular formula is C25H21N5O3. The van der Waals surface area contributed by atoms with E-state index in [1.54, 1.807) is 24.3 Å². The molecule has 4 aromatic rings. The predicted octanol–water partition coefficient (Wildman–Crippen LogP) is 2.91. The van der Waals surface area contributed by atoms with E-state index in [9.17, 15) is 14.4 Å². The van der Waals surface area contributed by atoms with Gasteiger partial charge in [0.15, 0.2) is 0 Å². The molecule has 8 nitrogen and oxygen atoms in total. The maximum absolute atomic E-state index is 13.0. The Bertz CT molecular complexity index is 1320. The highest BCUT2D eigenvalue weighted by atomic mass is 16.2. The molecular weight excluding hydrogens is 418 g/mol. The van der Waals surface area contributed by atoms with E-state index >= 15 is 0 Å². The van der Waals surface area contributed by atoms with Crippen molar-refractivity contribution in [1.82, 2.24) is 20.6 Å². The minimum Gasteiger partial charge on any atom is -0.342 e. The Balaban J connectivity index is 1.38. The van der Waals surface area contributed by atoms with Crippen LogP contribution in [0, 0.1) is 0 Å². The molecule has 0 fully saturated rings. The summed E-state index contributed by atoms with van der Waals surface area (Å²) in [4.78, 5) is 46.2. The van der Waals surface area contributed by atoms with Gasteiger partial charge < -0.3 is 20.9 Å². The zero-order valence-electron chi connectivity index (χ0n) is 17.5. The van der Waals surface area contributed by atoms with Crippen molar-refractivity contribution in [3.63, 3.8) is 0 Å². The molecule has 1 unspecified atom stereocenters. The van der Waals surface area contributed by atoms with Crippen molar-refractivity contribution in [2.75, 3.05) is 5.32 Å². The number of fused-ring (bicyclic) bond motifs is 2. The number of hydrogen-bond donors (Lipinski definition) is 4. The van der Waals surface area contributed by atoms with Gasteiger partial charge in [-0.2, -0.15) is 0 Å². The highest BCUT2D eigenvalue weighted by Gasteiger charge is 2.30. The van der Waals surface area contributed by atoms with Crippen LogP contribution in [-0.2, 0) is 9.59 Å². The van der Waals surface area contributed by atoms with Crippen molar-refractivity contribution in [2.24, 2.45) is 0 Å². The molecule has 1 aliphatic rings. The third-order valence-electron chi connectivity index (χ3n) is 5.56. The van der Waals surface area contributed by atoms with Crippen LogP contribution in [0.3, 0.4) is 0 Å². The molecule has 8 heteroatoms. The van der Waals surface area contributed by atoms with Crippen LogP contribution in [0.15, 0.2) is 78.9 Å². The Morgan fingerprint density at radius 2 is 1.67 bits per heavy atom. The molecule has 0 saturated carbocycles. The van der Waals surface area contributed by atoms with Gasteiger partial charge in [-0.15, -0.1) is 0 Å². The molecule has 5 rings (SSSR count). The van der Waals surface area contributed by atoms with Crippen molar-refractivity contribution in [3.05, 3.63) is 95.8 Å². The fourth-order valence-electron chi connectivity index (χ4n) is 3.92. The quantitative estimate of drug-likeness (QED) is 0.383. The van der Waals surface area contributed by atoms with Crippen LogP contribution in [0.5, 0.6) is 0 Å². The first-order valence-electron chi connectivity index (χ1n) is 10.6. The van der Waals surface area contributed by atoms with E-state index in [0.717, 1.165) is 16.6 Å². The highest BCUT2D eigenvalue weighted by Crippen LogP contribution is 2.23. The molecule has 1 aromatic heterocycles. The van der Waals surface area contributed by atoms with Crippen LogP contribution in [0.25, 0.3) is 11.0 Å². The largest absolute Gasteiger partial charge is 0.342 e. The normalized spacial score (nSPS) is 16.3. The average Bonchev–Trinajstić information content (AvgIpc) is 3.22. The van der Waals surface area contributed by atoms with E-state index in [0.29, 0.717) is 17.1 Å². The topological polar surface area (TPSA) is 116 Å². The van der Waals surface area contributed by atoms with Gasteiger partial charge in [-0.25, -0.2) is 4.98 Å². The molecule has 2 heterocycles. The van der Waals surface area contributed by atoms with Crippen molar-refractivity contribution in [1.29, 1.82) is 0 Å². The fraction of sp³-hybridized carbons (Fsp3) is 0.120. The van der Waals surface area contributed by atoms with Gasteiger partial charge in [0.05, 0.1) is 28.7 Å². The second kappa shape index (κ2) is 8.58. The number of rotatable bonds is 5. The molecule has 4 N–H and O–H groups in total. The summed E-state index contributed by atoms with van der Waals surface area (Å²) < 4.78 is 0. The third-order valence-corrected chi connectivity index (χ3v) is 5.56. The summed E-state index contributed by atoms with van der Waals surface area (Å²) >= 11 is 0. The monoisotopic (exact) mass is 439 g/mol. The van der Waals surface area contributed by atoms with Crippen LogP contribution >= 0.6 is 0 Å². The zero-order chi connectivity index (χ0) is 22.8. The number of aromatic amines is 1. The van der Waals surface area contributed by atoms with Crippen molar-refractivity contribution < 1.29 is 14.4 Å². The molecule has 1 aliphatic heterocycles. The number of amides is 3. The second-order valence-electron chi connectivity index (χ2n) is 7.82. The lowest BCUT2D eigenvalue weighted by Gasteiger charge is -2.19. The Morgan fingerprint density at radius 3 is 2.48 bits per heavy atom. The standard InChI is InChI=1S/C25H21N5O3/c31-21(14-20-25(33)28-17-11-5-4-10-16(17)24(32)29-20)30-22(15-8-2-1-3-9-15)23-26-18-12-6-7-13-19(18)27-23/h1-13,20,22H,14H2,(H,26,27)(H,28,33)(H,29,32)(H,30,31)/t20?,22-/m1/s1. The van der Waals surface area contributed by atoms with Gasteiger partial charge in [0.25, 0.3) is 5.91 Å². The Morgan fingerprint density at radius 1 is 0.939 bits per heavy atom. The van der Waals surface area contributed by atoms with Crippen LogP contribution in [-0.4, -0.2) is 33.7 Å². The SMILES string of the molecule is O=C(CC1NC(=O)c2ccccc2NC1=O)N[C@H](c1ccccc1)c1nc2ccccc2[nH]1. The van der Waals surface area contributed by atoms with Gasteiger partial charge in [0, 0.05) is 0 Å². The van der Waals surface area contributed by atoms with Gasteiger partial charge in [-0.1, -0.05) is 54.6 Å². The maximum atomic E-state index is 13.0. The molecule has 33 heavy (non-hydrogen) atoms. The third kappa shape index (κ3) is 4.18. The molecule has 2 atom stereocenters. The van der Waals surface area contributed by atoms with Crippen LogP contribution < -0.4 is 16.0 Å². The number of nitrogens with one attached hydrogen (secondary N) is 4. The van der Waals surface area contributed by atoms with Gasteiger partial charge in [-0.3, -0.25) is 14.4 Å². The molecule has 3 amide bonds. The second-order valence-corrected chi connectivity index (χ2v) is 7.82. The first-order valence-corrected chi connectivity index (χ1v) is 10.6. The lowest BCUT2D eigenvalue weighted by Crippen LogP contribution is -2.45. The first kappa shape index (κ1) is 20.4. The van der Waals surface area contributed by atoms with Crippen molar-refractivity contribution in [2.45, 2.75) is 18.5 Å². The smallest absolute Gasteiger partial charge is 0.254 e. The minimum absolute atomic E-state index is 0.213. The maximum Gasteiger partial charge on any atom is 0.254 e. The Kier molecular flexibility index (Phi) is 5.32. The number of imidazole rings is 1. The van der Waals surface area contributed by atoms with Gasteiger partial charge in [0.1, 0.15) is 17.9 Å². The molecule has 0 saturated heterocycles. The number of anilines is 1. The Labute approximate surface area is 189 Å². The zero-order valence-corrected chi connectivity index (χ0v) is 17.5. The highest BCUT2D eigenvalue weighted by molar-refractivity contribution is 6.10. The van der Waals surface area contributed by atoms with Crippen molar-refractivity contribution >= 4 is 34.4 Å². The number of aromatic nitrogens is 2. The summed E-state index contributed by atoms with van der Waals surface area (Å²) in [7, 11) is 0. The number of hydrogen-bond acceptors (Lipinski definition) is 4. The van der Waals surface area contributed by atoms with E-state index in [-0.39, 0.29) is 6.42 Å². The minimum atomic E-state index is -1.00. The summed E-state index contributed by atoms with van der Waals surface area (Å²) in [5.74, 6) is -0.657. The average molecular weight is 439 g/mol. The van der Waals surface area contributed by atoms with E-state index in [1.807, 2.05) is 54.6 Å². The number of carbonyl (C=O) groups excluding carboxylic acids is 3. The number of H-pyrrole nitrogens is 1. The van der Waals surface area contributed by atoms with Crippen LogP contribution in [0.4, 0.5) is 5.69 Å². The lowest BCUT2D eigenvalue weighted by molar-refractivity contribution is -0.126. The van der Waals surface area contributed by atoms with E-state index in [4.69, 9.17) is 0 Å². The first-order chi connectivity index (χ1) is 16.1. The molecule has 164 valence electrons. The summed E-state index contributed by atoms with van der Waals surface area (Å²) in [6.45, 7) is 0.